The largest absolute Gasteiger partial charge is 0.486 e. The number of carbonyl (C=O) groups is 1. The Morgan fingerprint density at radius 1 is 0.617 bits per heavy atom. The van der Waals surface area contributed by atoms with E-state index in [0.717, 1.165) is 60.0 Å². The fourth-order valence-corrected chi connectivity index (χ4v) is 13.3. The molecule has 0 saturated heterocycles. The van der Waals surface area contributed by atoms with Gasteiger partial charge in [0.25, 0.3) is 5.70 Å². The smallest absolute Gasteiger partial charge is 0.333 e. The number of rotatable bonds is 7. The summed E-state index contributed by atoms with van der Waals surface area (Å²) in [5.74, 6) is 3.39. The van der Waals surface area contributed by atoms with Crippen molar-refractivity contribution in [2.45, 2.75) is 19.8 Å². The lowest BCUT2D eigenvalue weighted by molar-refractivity contribution is -0.132. The van der Waals surface area contributed by atoms with Crippen LogP contribution in [0.4, 0.5) is 11.4 Å². The number of ether oxygens (including phenoxy) is 8. The summed E-state index contributed by atoms with van der Waals surface area (Å²) in [7, 11) is 0. The van der Waals surface area contributed by atoms with Gasteiger partial charge in [0.05, 0.1) is 45.6 Å². The van der Waals surface area contributed by atoms with Gasteiger partial charge in [0.2, 0.25) is 0 Å². The van der Waals surface area contributed by atoms with Crippen LogP contribution in [-0.4, -0.2) is 70.5 Å². The monoisotopic (exact) mass is 878 g/mol. The molecule has 12 nitrogen and oxygen atoms in total. The summed E-state index contributed by atoms with van der Waals surface area (Å²) in [5.41, 5.74) is 5.79. The summed E-state index contributed by atoms with van der Waals surface area (Å²) < 4.78 is 50.6. The predicted octanol–water partition coefficient (Wildman–Crippen LogP) is 10.3. The van der Waals surface area contributed by atoms with Gasteiger partial charge in [0.15, 0.2) is 46.0 Å². The Morgan fingerprint density at radius 2 is 1.05 bits per heavy atom. The molecule has 0 amide bonds. The van der Waals surface area contributed by atoms with Crippen molar-refractivity contribution in [1.29, 1.82) is 0 Å². The maximum Gasteiger partial charge on any atom is 0.333 e. The van der Waals surface area contributed by atoms with Crippen molar-refractivity contribution >= 4 is 68.8 Å². The molecule has 16 heteroatoms. The Labute approximate surface area is 360 Å². The number of carboxylic acid groups (broad SMARTS) is 1. The van der Waals surface area contributed by atoms with E-state index in [1.807, 2.05) is 0 Å². The third kappa shape index (κ3) is 5.97. The number of nitrogens with zero attached hydrogens (tertiary/aromatic N) is 2. The normalized spacial score (nSPS) is 16.1. The zero-order chi connectivity index (χ0) is 40.5. The van der Waals surface area contributed by atoms with E-state index in [-0.39, 0.29) is 0 Å². The highest BCUT2D eigenvalue weighted by Crippen LogP contribution is 2.66. The van der Waals surface area contributed by atoms with Gasteiger partial charge in [-0.2, -0.15) is 0 Å². The fourth-order valence-electron chi connectivity index (χ4n) is 8.19. The van der Waals surface area contributed by atoms with E-state index in [1.54, 1.807) is 22.7 Å². The van der Waals surface area contributed by atoms with Gasteiger partial charge in [-0.3, -0.25) is 4.79 Å². The molecule has 0 bridgehead atoms. The second-order valence-corrected chi connectivity index (χ2v) is 18.3. The van der Waals surface area contributed by atoms with Gasteiger partial charge in [-0.25, -0.2) is 4.85 Å². The molecule has 9 heterocycles. The van der Waals surface area contributed by atoms with Crippen LogP contribution in [0.2, 0.25) is 0 Å². The Bertz CT molecular complexity index is 2810. The summed E-state index contributed by atoms with van der Waals surface area (Å²) in [5, 5.41) is 9.63. The number of thiophene rings is 4. The minimum absolute atomic E-state index is 0.293. The van der Waals surface area contributed by atoms with E-state index >= 15 is 0 Å². The highest BCUT2D eigenvalue weighted by atomic mass is 32.1. The molecule has 0 radical (unpaired) electrons. The number of hydrogen-bond donors (Lipinski definition) is 1. The molecule has 0 atom stereocenters. The molecule has 0 spiro atoms. The summed E-state index contributed by atoms with van der Waals surface area (Å²) >= 11 is 5.93. The van der Waals surface area contributed by atoms with E-state index in [2.05, 4.69) is 59.1 Å². The number of para-hydroxylation sites is 1. The van der Waals surface area contributed by atoms with Crippen LogP contribution in [0.25, 0.3) is 50.6 Å². The lowest BCUT2D eigenvalue weighted by Gasteiger charge is -2.25. The topological polar surface area (TPSA) is 119 Å². The fraction of sp³-hybridized carbons (Fsp3) is 0.273. The zero-order valence-electron chi connectivity index (χ0n) is 32.0. The van der Waals surface area contributed by atoms with Crippen LogP contribution in [0.5, 0.6) is 46.0 Å². The third-order valence-corrected chi connectivity index (χ3v) is 15.8. The van der Waals surface area contributed by atoms with Crippen molar-refractivity contribution in [3.05, 3.63) is 75.6 Å². The lowest BCUT2D eigenvalue weighted by Crippen LogP contribution is -2.17. The molecule has 0 fully saturated rings. The molecular formula is C44H34N2O10S4. The second kappa shape index (κ2) is 15.0. The standard InChI is InChI=1S/C44H34N2O10S4/c1-3-46-26-7-5-4-6-22(26)8-9-23-20-24(10-11-27(23)46)37-31-32(52-15-14-51-31)40(58-37)41-35-36(56-19-18-55-35)43(60-41)42-34-33(53-16-17-54-34)39(59-42)38-30-29(49-12-13-50-30)28(57-38)21-25(45-2)44(47)48/h4-7,10-11,20-21H,3,8-9,12-19H2,1H3,(H,47,48)/b25-21-. The Morgan fingerprint density at radius 3 is 1.57 bits per heavy atom. The van der Waals surface area contributed by atoms with Crippen LogP contribution in [0.1, 0.15) is 22.9 Å². The molecular weight excluding hydrogens is 845 g/mol. The van der Waals surface area contributed by atoms with Crippen molar-refractivity contribution in [3.8, 4) is 85.7 Å². The number of anilines is 2. The Balaban J connectivity index is 1.03. The number of benzene rings is 2. The average molecular weight is 879 g/mol. The minimum Gasteiger partial charge on any atom is -0.486 e. The molecule has 6 aromatic rings. The maximum atomic E-state index is 11.8. The van der Waals surface area contributed by atoms with Gasteiger partial charge in [-0.1, -0.05) is 24.3 Å². The van der Waals surface area contributed by atoms with Gasteiger partial charge in [-0.15, -0.1) is 45.3 Å². The summed E-state index contributed by atoms with van der Waals surface area (Å²) in [6.07, 6.45) is 3.22. The van der Waals surface area contributed by atoms with Crippen LogP contribution < -0.4 is 42.8 Å². The SMILES string of the molecule is [C-]#[N+]/C(=C\c1sc(-c2sc(-c3sc(-c4sc(-c5ccc6c(c5)CCc5ccccc5N6CC)c5c4OCCO5)c4c3OCCO4)c3c2OCCO3)c2c1OCCO2)C(=O)O. The highest BCUT2D eigenvalue weighted by Gasteiger charge is 2.38. The number of fused-ring (bicyclic) bond motifs is 6. The molecule has 5 aliphatic heterocycles. The molecule has 4 aromatic heterocycles. The van der Waals surface area contributed by atoms with Crippen molar-refractivity contribution in [3.63, 3.8) is 0 Å². The van der Waals surface area contributed by atoms with E-state index in [9.17, 15) is 9.90 Å². The molecule has 2 aromatic carbocycles. The molecule has 5 aliphatic rings. The van der Waals surface area contributed by atoms with Gasteiger partial charge in [0.1, 0.15) is 52.9 Å². The van der Waals surface area contributed by atoms with Gasteiger partial charge in [0, 0.05) is 17.9 Å². The summed E-state index contributed by atoms with van der Waals surface area (Å²) in [6, 6.07) is 15.4. The van der Waals surface area contributed by atoms with Gasteiger partial charge < -0.3 is 47.9 Å². The average Bonchev–Trinajstić information content (AvgIpc) is 4.04. The van der Waals surface area contributed by atoms with Crippen LogP contribution in [-0.2, 0) is 17.6 Å². The Kier molecular flexibility index (Phi) is 9.29. The van der Waals surface area contributed by atoms with E-state index in [0.29, 0.717) is 103 Å². The first-order chi connectivity index (χ1) is 29.5. The van der Waals surface area contributed by atoms with E-state index in [4.69, 9.17) is 44.5 Å². The summed E-state index contributed by atoms with van der Waals surface area (Å²) in [4.78, 5) is 23.7. The molecule has 11 rings (SSSR count). The molecule has 0 aliphatic carbocycles. The zero-order valence-corrected chi connectivity index (χ0v) is 35.3. The van der Waals surface area contributed by atoms with Crippen LogP contribution in [0.15, 0.2) is 48.2 Å². The quantitative estimate of drug-likeness (QED) is 0.122. The first kappa shape index (κ1) is 37.2. The van der Waals surface area contributed by atoms with Crippen molar-refractivity contribution in [2.24, 2.45) is 0 Å². The number of hydrogen-bond acceptors (Lipinski definition) is 14. The predicted molar refractivity (Wildman–Crippen MR) is 232 cm³/mol. The third-order valence-electron chi connectivity index (χ3n) is 10.7. The van der Waals surface area contributed by atoms with Crippen LogP contribution in [0, 0.1) is 6.57 Å². The second-order valence-electron chi connectivity index (χ2n) is 14.2. The lowest BCUT2D eigenvalue weighted by atomic mass is 10.0. The van der Waals surface area contributed by atoms with Gasteiger partial charge in [-0.05, 0) is 60.7 Å². The van der Waals surface area contributed by atoms with Crippen LogP contribution >= 0.6 is 45.3 Å². The van der Waals surface area contributed by atoms with Gasteiger partial charge >= 0.3 is 5.97 Å². The molecule has 304 valence electrons. The van der Waals surface area contributed by atoms with Crippen molar-refractivity contribution in [2.75, 3.05) is 64.3 Å². The van der Waals surface area contributed by atoms with Crippen molar-refractivity contribution < 1.29 is 47.8 Å². The number of aryl methyl sites for hydroxylation is 2. The van der Waals surface area contributed by atoms with E-state index < -0.39 is 11.7 Å². The summed E-state index contributed by atoms with van der Waals surface area (Å²) in [6.45, 7) is 13.4. The maximum absolute atomic E-state index is 11.8. The van der Waals surface area contributed by atoms with Crippen LogP contribution in [0.3, 0.4) is 0 Å². The first-order valence-corrected chi connectivity index (χ1v) is 22.8. The minimum atomic E-state index is -1.32. The molecule has 60 heavy (non-hydrogen) atoms. The Hall–Kier alpha value is -5.86. The first-order valence-electron chi connectivity index (χ1n) is 19.5. The number of aliphatic carboxylic acids is 1. The number of carboxylic acids is 1. The van der Waals surface area contributed by atoms with E-state index in [1.165, 1.54) is 51.3 Å². The molecule has 0 saturated carbocycles. The molecule has 1 N–H and O–H groups in total. The van der Waals surface area contributed by atoms with Crippen molar-refractivity contribution in [1.82, 2.24) is 0 Å². The highest BCUT2D eigenvalue weighted by molar-refractivity contribution is 7.30. The molecule has 0 unspecified atom stereocenters.